The summed E-state index contributed by atoms with van der Waals surface area (Å²) in [6.07, 6.45) is 1.60. The van der Waals surface area contributed by atoms with Crippen LogP contribution >= 0.6 is 11.3 Å². The van der Waals surface area contributed by atoms with Gasteiger partial charge in [0.05, 0.1) is 16.8 Å². The van der Waals surface area contributed by atoms with Gasteiger partial charge in [-0.1, -0.05) is 11.3 Å². The number of furan rings is 1. The van der Waals surface area contributed by atoms with Crippen molar-refractivity contribution in [3.63, 3.8) is 0 Å². The summed E-state index contributed by atoms with van der Waals surface area (Å²) in [5.41, 5.74) is 8.11. The van der Waals surface area contributed by atoms with Gasteiger partial charge in [0.1, 0.15) is 11.4 Å². The molecule has 9 heteroatoms. The number of nitrogens with one attached hydrogen (secondary N) is 1. The highest BCUT2D eigenvalue weighted by molar-refractivity contribution is 7.13. The lowest BCUT2D eigenvalue weighted by Crippen LogP contribution is -2.04. The minimum absolute atomic E-state index is 0.110. The molecule has 0 fully saturated rings. The topological polar surface area (TPSA) is 116 Å². The number of thiophene rings is 1. The van der Waals surface area contributed by atoms with Crippen molar-refractivity contribution in [3.8, 4) is 27.8 Å². The second-order valence-electron chi connectivity index (χ2n) is 4.85. The molecule has 0 unspecified atom stereocenters. The molecule has 4 aromatic rings. The molecule has 0 spiro atoms. The molecule has 0 aliphatic rings. The maximum absolute atomic E-state index is 6.23. The van der Waals surface area contributed by atoms with E-state index in [1.54, 1.807) is 23.7 Å². The smallest absolute Gasteiger partial charge is 0.239 e. The molecule has 0 bridgehead atoms. The average molecular weight is 340 g/mol. The molecule has 0 aromatic carbocycles. The monoisotopic (exact) mass is 340 g/mol. The molecule has 0 aliphatic carbocycles. The Morgan fingerprint density at radius 3 is 2.96 bits per heavy atom. The molecule has 4 heterocycles. The number of hydrogen-bond acceptors (Lipinski definition) is 8. The van der Waals surface area contributed by atoms with Crippen molar-refractivity contribution < 1.29 is 9.15 Å². The lowest BCUT2D eigenvalue weighted by atomic mass is 10.1. The van der Waals surface area contributed by atoms with E-state index in [0.29, 0.717) is 23.2 Å². The van der Waals surface area contributed by atoms with Crippen LogP contribution in [-0.2, 0) is 6.61 Å². The highest BCUT2D eigenvalue weighted by Crippen LogP contribution is 2.37. The zero-order valence-electron chi connectivity index (χ0n) is 12.3. The summed E-state index contributed by atoms with van der Waals surface area (Å²) in [7, 11) is 0. The van der Waals surface area contributed by atoms with Crippen LogP contribution in [0.1, 0.15) is 5.82 Å². The van der Waals surface area contributed by atoms with E-state index in [1.807, 2.05) is 29.6 Å². The fourth-order valence-corrected chi connectivity index (χ4v) is 2.89. The van der Waals surface area contributed by atoms with Crippen LogP contribution in [0.25, 0.3) is 21.9 Å². The van der Waals surface area contributed by atoms with Crippen LogP contribution in [0.15, 0.2) is 46.4 Å². The van der Waals surface area contributed by atoms with Crippen molar-refractivity contribution in [1.29, 1.82) is 0 Å². The first-order valence-corrected chi connectivity index (χ1v) is 7.92. The number of aromatic nitrogens is 5. The molecule has 0 amide bonds. The number of anilines is 1. The Morgan fingerprint density at radius 2 is 2.25 bits per heavy atom. The molecular formula is C15H12N6O2S. The molecule has 4 rings (SSSR count). The Labute approximate surface area is 140 Å². The van der Waals surface area contributed by atoms with Crippen LogP contribution in [0.4, 0.5) is 5.69 Å². The van der Waals surface area contributed by atoms with Crippen molar-refractivity contribution in [1.82, 2.24) is 25.6 Å². The highest BCUT2D eigenvalue weighted by atomic mass is 32.1. The van der Waals surface area contributed by atoms with E-state index in [4.69, 9.17) is 14.9 Å². The zero-order chi connectivity index (χ0) is 16.4. The van der Waals surface area contributed by atoms with Crippen LogP contribution in [0.2, 0.25) is 0 Å². The quantitative estimate of drug-likeness (QED) is 0.574. The number of nitrogen functional groups attached to an aromatic ring is 1. The summed E-state index contributed by atoms with van der Waals surface area (Å²) in [4.78, 5) is 5.53. The lowest BCUT2D eigenvalue weighted by Gasteiger charge is -2.11. The summed E-state index contributed by atoms with van der Waals surface area (Å²) in [5.74, 6) is 1.37. The maximum atomic E-state index is 6.23. The number of tetrazole rings is 1. The number of aromatic amines is 1. The predicted octanol–water partition coefficient (Wildman–Crippen LogP) is 2.74. The molecule has 3 N–H and O–H groups in total. The number of pyridine rings is 1. The van der Waals surface area contributed by atoms with Crippen molar-refractivity contribution in [2.45, 2.75) is 6.61 Å². The van der Waals surface area contributed by atoms with Gasteiger partial charge in [-0.2, -0.15) is 5.21 Å². The predicted molar refractivity (Wildman–Crippen MR) is 88.2 cm³/mol. The fraction of sp³-hybridized carbons (Fsp3) is 0.0667. The van der Waals surface area contributed by atoms with Gasteiger partial charge in [0.15, 0.2) is 6.61 Å². The van der Waals surface area contributed by atoms with Crippen LogP contribution < -0.4 is 10.5 Å². The van der Waals surface area contributed by atoms with E-state index in [9.17, 15) is 0 Å². The van der Waals surface area contributed by atoms with E-state index in [2.05, 4.69) is 25.6 Å². The van der Waals surface area contributed by atoms with Gasteiger partial charge in [-0.15, -0.1) is 21.5 Å². The zero-order valence-corrected chi connectivity index (χ0v) is 13.2. The average Bonchev–Trinajstić information content (AvgIpc) is 3.35. The summed E-state index contributed by atoms with van der Waals surface area (Å²) >= 11 is 1.58. The Kier molecular flexibility index (Phi) is 3.67. The standard InChI is InChI=1S/C15H12N6O2S/c16-14-9(11-3-1-5-22-11)7-10(12-4-2-6-24-12)17-15(14)23-8-13-18-20-21-19-13/h1-7H,8,16H2,(H,18,19,20,21). The number of nitrogens with zero attached hydrogens (tertiary/aromatic N) is 4. The SMILES string of the molecule is Nc1c(-c2ccco2)cc(-c2cccs2)nc1OCc1nn[nH]n1. The summed E-state index contributed by atoms with van der Waals surface area (Å²) < 4.78 is 11.2. The molecule has 0 saturated carbocycles. The third-order valence-electron chi connectivity index (χ3n) is 3.31. The Bertz CT molecular complexity index is 919. The van der Waals surface area contributed by atoms with Crippen LogP contribution in [-0.4, -0.2) is 25.6 Å². The first-order valence-electron chi connectivity index (χ1n) is 7.04. The van der Waals surface area contributed by atoms with Crippen LogP contribution in [0.5, 0.6) is 5.88 Å². The van der Waals surface area contributed by atoms with Crippen molar-refractivity contribution in [2.24, 2.45) is 0 Å². The van der Waals surface area contributed by atoms with E-state index < -0.39 is 0 Å². The molecule has 4 aromatic heterocycles. The number of hydrogen-bond donors (Lipinski definition) is 2. The van der Waals surface area contributed by atoms with Gasteiger partial charge in [-0.25, -0.2) is 4.98 Å². The first-order chi connectivity index (χ1) is 11.8. The van der Waals surface area contributed by atoms with Gasteiger partial charge in [0.2, 0.25) is 11.7 Å². The number of nitrogens with two attached hydrogens (primary N) is 1. The van der Waals surface area contributed by atoms with Crippen LogP contribution in [0, 0.1) is 0 Å². The number of rotatable bonds is 5. The molecule has 120 valence electrons. The summed E-state index contributed by atoms with van der Waals surface area (Å²) in [6.45, 7) is 0.110. The largest absolute Gasteiger partial charge is 0.468 e. The molecule has 0 aliphatic heterocycles. The Balaban J connectivity index is 1.76. The fourth-order valence-electron chi connectivity index (χ4n) is 2.20. The third-order valence-corrected chi connectivity index (χ3v) is 4.20. The lowest BCUT2D eigenvalue weighted by molar-refractivity contribution is 0.286. The van der Waals surface area contributed by atoms with Gasteiger partial charge in [-0.3, -0.25) is 0 Å². The molecule has 0 radical (unpaired) electrons. The van der Waals surface area contributed by atoms with Crippen LogP contribution in [0.3, 0.4) is 0 Å². The molecule has 0 atom stereocenters. The maximum Gasteiger partial charge on any atom is 0.239 e. The van der Waals surface area contributed by atoms with Crippen molar-refractivity contribution in [2.75, 3.05) is 5.73 Å². The van der Waals surface area contributed by atoms with Crippen molar-refractivity contribution in [3.05, 3.63) is 47.8 Å². The molecule has 8 nitrogen and oxygen atoms in total. The Hall–Kier alpha value is -3.20. The number of H-pyrrole nitrogens is 1. The van der Waals surface area contributed by atoms with E-state index in [-0.39, 0.29) is 6.61 Å². The normalized spacial score (nSPS) is 10.8. The first kappa shape index (κ1) is 14.4. The third kappa shape index (κ3) is 2.72. The summed E-state index contributed by atoms with van der Waals surface area (Å²) in [6, 6.07) is 9.48. The van der Waals surface area contributed by atoms with E-state index in [1.165, 1.54) is 0 Å². The van der Waals surface area contributed by atoms with Gasteiger partial charge >= 0.3 is 0 Å². The molecule has 24 heavy (non-hydrogen) atoms. The minimum Gasteiger partial charge on any atom is -0.468 e. The Morgan fingerprint density at radius 1 is 1.29 bits per heavy atom. The van der Waals surface area contributed by atoms with Gasteiger partial charge in [-0.05, 0) is 29.6 Å². The van der Waals surface area contributed by atoms with Gasteiger partial charge in [0, 0.05) is 5.56 Å². The second-order valence-corrected chi connectivity index (χ2v) is 5.79. The van der Waals surface area contributed by atoms with Gasteiger partial charge in [0.25, 0.3) is 0 Å². The van der Waals surface area contributed by atoms with Crippen molar-refractivity contribution >= 4 is 17.0 Å². The van der Waals surface area contributed by atoms with E-state index in [0.717, 1.165) is 16.1 Å². The highest BCUT2D eigenvalue weighted by Gasteiger charge is 2.17. The van der Waals surface area contributed by atoms with Gasteiger partial charge < -0.3 is 14.9 Å². The number of ether oxygens (including phenoxy) is 1. The minimum atomic E-state index is 0.110. The molecule has 0 saturated heterocycles. The van der Waals surface area contributed by atoms with E-state index >= 15 is 0 Å². The summed E-state index contributed by atoms with van der Waals surface area (Å²) in [5, 5.41) is 15.5. The second kappa shape index (κ2) is 6.13. The molecular weight excluding hydrogens is 328 g/mol.